The average molecular weight is 387 g/mol. The van der Waals surface area contributed by atoms with E-state index < -0.39 is 5.60 Å². The van der Waals surface area contributed by atoms with Crippen molar-refractivity contribution in [3.63, 3.8) is 0 Å². The second kappa shape index (κ2) is 8.50. The molecule has 0 bridgehead atoms. The van der Waals surface area contributed by atoms with Crippen LogP contribution in [0.25, 0.3) is 10.9 Å². The van der Waals surface area contributed by atoms with Gasteiger partial charge in [-0.1, -0.05) is 19.3 Å². The van der Waals surface area contributed by atoms with Gasteiger partial charge in [0, 0.05) is 36.6 Å². The first-order chi connectivity index (χ1) is 13.3. The Balaban J connectivity index is 1.62. The number of amides is 1. The minimum atomic E-state index is -0.455. The molecule has 0 spiro atoms. The molecule has 0 aliphatic heterocycles. The second-order valence-corrected chi connectivity index (χ2v) is 9.23. The number of aromatic nitrogens is 3. The minimum Gasteiger partial charge on any atom is -0.444 e. The van der Waals surface area contributed by atoms with E-state index in [0.29, 0.717) is 6.54 Å². The van der Waals surface area contributed by atoms with Gasteiger partial charge in [0.05, 0.1) is 5.52 Å². The van der Waals surface area contributed by atoms with Crippen LogP contribution >= 0.6 is 0 Å². The molecule has 0 aromatic carbocycles. The Labute approximate surface area is 168 Å². The molecular formula is C22H34N4O2. The minimum absolute atomic E-state index is 0.258. The molecule has 2 heterocycles. The lowest BCUT2D eigenvalue weighted by Gasteiger charge is -2.38. The van der Waals surface area contributed by atoms with Crippen molar-refractivity contribution in [3.05, 3.63) is 24.2 Å². The predicted molar refractivity (Wildman–Crippen MR) is 111 cm³/mol. The fraction of sp³-hybridized carbons (Fsp3) is 0.682. The zero-order chi connectivity index (χ0) is 20.2. The molecule has 0 saturated heterocycles. The van der Waals surface area contributed by atoms with Crippen molar-refractivity contribution in [1.82, 2.24) is 20.1 Å². The summed E-state index contributed by atoms with van der Waals surface area (Å²) in [6.07, 6.45) is 11.8. The predicted octanol–water partition coefficient (Wildman–Crippen LogP) is 5.00. The molecule has 6 nitrogen and oxygen atoms in total. The van der Waals surface area contributed by atoms with E-state index in [2.05, 4.69) is 21.9 Å². The van der Waals surface area contributed by atoms with Crippen LogP contribution in [-0.2, 0) is 11.3 Å². The zero-order valence-corrected chi connectivity index (χ0v) is 17.8. The molecule has 3 rings (SSSR count). The Morgan fingerprint density at radius 3 is 2.71 bits per heavy atom. The van der Waals surface area contributed by atoms with Crippen molar-refractivity contribution >= 4 is 17.0 Å². The zero-order valence-electron chi connectivity index (χ0n) is 17.8. The molecule has 2 aromatic heterocycles. The maximum atomic E-state index is 11.9. The lowest BCUT2D eigenvalue weighted by molar-refractivity contribution is 0.0521. The van der Waals surface area contributed by atoms with Crippen LogP contribution in [0.5, 0.6) is 0 Å². The first kappa shape index (κ1) is 20.6. The van der Waals surface area contributed by atoms with Crippen molar-refractivity contribution in [2.24, 2.45) is 5.41 Å². The van der Waals surface area contributed by atoms with E-state index in [1.54, 1.807) is 6.20 Å². The Kier molecular flexibility index (Phi) is 6.26. The molecular weight excluding hydrogens is 352 g/mol. The fourth-order valence-corrected chi connectivity index (χ4v) is 4.33. The van der Waals surface area contributed by atoms with Gasteiger partial charge in [-0.15, -0.1) is 0 Å². The Hall–Kier alpha value is -2.11. The van der Waals surface area contributed by atoms with Crippen molar-refractivity contribution < 1.29 is 9.53 Å². The monoisotopic (exact) mass is 386 g/mol. The van der Waals surface area contributed by atoms with Gasteiger partial charge in [0.25, 0.3) is 0 Å². The SMILES string of the molecule is Cc1c2cnccc2nn1CC1(CCCNC(=O)OC(C)(C)C)CCCCC1. The summed E-state index contributed by atoms with van der Waals surface area (Å²) in [6.45, 7) is 9.39. The number of alkyl carbamates (subject to hydrolysis) is 1. The third-order valence-electron chi connectivity index (χ3n) is 5.75. The number of nitrogens with zero attached hydrogens (tertiary/aromatic N) is 3. The van der Waals surface area contributed by atoms with E-state index in [9.17, 15) is 4.79 Å². The van der Waals surface area contributed by atoms with Crippen LogP contribution in [-0.4, -0.2) is 33.0 Å². The third kappa shape index (κ3) is 5.24. The first-order valence-corrected chi connectivity index (χ1v) is 10.5. The van der Waals surface area contributed by atoms with Gasteiger partial charge in [-0.05, 0) is 64.9 Å². The summed E-state index contributed by atoms with van der Waals surface area (Å²) in [5, 5.41) is 8.87. The molecule has 1 amide bonds. The molecule has 1 saturated carbocycles. The van der Waals surface area contributed by atoms with E-state index in [-0.39, 0.29) is 11.5 Å². The number of hydrogen-bond donors (Lipinski definition) is 1. The highest BCUT2D eigenvalue weighted by Gasteiger charge is 2.33. The lowest BCUT2D eigenvalue weighted by Crippen LogP contribution is -2.35. The number of fused-ring (bicyclic) bond motifs is 1. The Morgan fingerprint density at radius 2 is 2.04 bits per heavy atom. The average Bonchev–Trinajstić information content (AvgIpc) is 2.94. The van der Waals surface area contributed by atoms with Gasteiger partial charge in [0.15, 0.2) is 0 Å². The highest BCUT2D eigenvalue weighted by Crippen LogP contribution is 2.42. The summed E-state index contributed by atoms with van der Waals surface area (Å²) in [7, 11) is 0. The number of rotatable bonds is 6. The summed E-state index contributed by atoms with van der Waals surface area (Å²) in [5.41, 5.74) is 2.02. The van der Waals surface area contributed by atoms with E-state index in [4.69, 9.17) is 9.84 Å². The van der Waals surface area contributed by atoms with Crippen LogP contribution in [0.1, 0.15) is 71.4 Å². The lowest BCUT2D eigenvalue weighted by atomic mass is 9.71. The largest absolute Gasteiger partial charge is 0.444 e. The van der Waals surface area contributed by atoms with E-state index in [1.807, 2.05) is 33.0 Å². The number of hydrogen-bond acceptors (Lipinski definition) is 4. The topological polar surface area (TPSA) is 69.0 Å². The first-order valence-electron chi connectivity index (χ1n) is 10.5. The summed E-state index contributed by atoms with van der Waals surface area (Å²) < 4.78 is 7.51. The van der Waals surface area contributed by atoms with E-state index in [0.717, 1.165) is 30.3 Å². The Bertz CT molecular complexity index is 800. The molecule has 28 heavy (non-hydrogen) atoms. The summed E-state index contributed by atoms with van der Waals surface area (Å²) >= 11 is 0. The molecule has 1 aliphatic carbocycles. The van der Waals surface area contributed by atoms with Crippen molar-refractivity contribution in [2.75, 3.05) is 6.54 Å². The van der Waals surface area contributed by atoms with E-state index in [1.165, 1.54) is 37.8 Å². The highest BCUT2D eigenvalue weighted by molar-refractivity contribution is 5.80. The van der Waals surface area contributed by atoms with Gasteiger partial charge in [0.1, 0.15) is 5.60 Å². The van der Waals surface area contributed by atoms with Crippen molar-refractivity contribution in [3.8, 4) is 0 Å². The molecule has 1 fully saturated rings. The molecule has 0 radical (unpaired) electrons. The van der Waals surface area contributed by atoms with Crippen molar-refractivity contribution in [2.45, 2.75) is 84.8 Å². The quantitative estimate of drug-likeness (QED) is 0.710. The van der Waals surface area contributed by atoms with E-state index >= 15 is 0 Å². The van der Waals surface area contributed by atoms with Gasteiger partial charge in [-0.2, -0.15) is 5.10 Å². The summed E-state index contributed by atoms with van der Waals surface area (Å²) in [6, 6.07) is 1.98. The molecule has 1 N–H and O–H groups in total. The Morgan fingerprint density at radius 1 is 1.29 bits per heavy atom. The van der Waals surface area contributed by atoms with Gasteiger partial charge in [0.2, 0.25) is 0 Å². The number of carbonyl (C=O) groups is 1. The smallest absolute Gasteiger partial charge is 0.407 e. The van der Waals surface area contributed by atoms with Crippen molar-refractivity contribution in [1.29, 1.82) is 0 Å². The molecule has 0 atom stereocenters. The van der Waals surface area contributed by atoms with Gasteiger partial charge < -0.3 is 10.1 Å². The van der Waals surface area contributed by atoms with Gasteiger partial charge >= 0.3 is 6.09 Å². The molecule has 0 unspecified atom stereocenters. The van der Waals surface area contributed by atoms with Crippen LogP contribution in [0.3, 0.4) is 0 Å². The maximum absolute atomic E-state index is 11.9. The van der Waals surface area contributed by atoms with Crippen LogP contribution < -0.4 is 5.32 Å². The normalized spacial score (nSPS) is 16.9. The number of ether oxygens (including phenoxy) is 1. The van der Waals surface area contributed by atoms with Gasteiger partial charge in [-0.3, -0.25) is 9.67 Å². The second-order valence-electron chi connectivity index (χ2n) is 9.23. The van der Waals surface area contributed by atoms with Crippen LogP contribution in [0.15, 0.2) is 18.5 Å². The number of carbonyl (C=O) groups excluding carboxylic acids is 1. The maximum Gasteiger partial charge on any atom is 0.407 e. The molecule has 2 aromatic rings. The third-order valence-corrected chi connectivity index (χ3v) is 5.75. The number of pyridine rings is 1. The number of aryl methyl sites for hydroxylation is 1. The van der Waals surface area contributed by atoms with Crippen LogP contribution in [0.4, 0.5) is 4.79 Å². The molecule has 154 valence electrons. The van der Waals surface area contributed by atoms with Crippen LogP contribution in [0, 0.1) is 12.3 Å². The standard InChI is InChI=1S/C22H34N4O2/c1-17-18-15-23-14-9-19(18)25-26(17)16-22(10-6-5-7-11-22)12-8-13-24-20(27)28-21(2,3)4/h9,14-15H,5-8,10-13,16H2,1-4H3,(H,24,27). The molecule has 1 aliphatic rings. The summed E-state index contributed by atoms with van der Waals surface area (Å²) in [5.74, 6) is 0. The molecule has 6 heteroatoms. The van der Waals surface area contributed by atoms with Gasteiger partial charge in [-0.25, -0.2) is 4.79 Å². The van der Waals surface area contributed by atoms with Crippen LogP contribution in [0.2, 0.25) is 0 Å². The fourth-order valence-electron chi connectivity index (χ4n) is 4.33. The number of nitrogens with one attached hydrogen (secondary N) is 1. The highest BCUT2D eigenvalue weighted by atomic mass is 16.6. The summed E-state index contributed by atoms with van der Waals surface area (Å²) in [4.78, 5) is 16.1.